The molecule has 1 fully saturated rings. The van der Waals surface area contributed by atoms with E-state index in [2.05, 4.69) is 10.1 Å². The van der Waals surface area contributed by atoms with Crippen LogP contribution in [0.2, 0.25) is 10.0 Å². The highest BCUT2D eigenvalue weighted by Crippen LogP contribution is 2.29. The Hall–Kier alpha value is -1.63. The number of carbonyl (C=O) groups is 1. The second-order valence-electron chi connectivity index (χ2n) is 5.28. The maximum Gasteiger partial charge on any atom is 0.224 e. The predicted octanol–water partition coefficient (Wildman–Crippen LogP) is 2.58. The Kier molecular flexibility index (Phi) is 5.15. The van der Waals surface area contributed by atoms with Crippen LogP contribution in [0.5, 0.6) is 0 Å². The Bertz CT molecular complexity index is 678. The molecule has 1 amide bonds. The molecule has 1 aromatic heterocycles. The van der Waals surface area contributed by atoms with E-state index in [1.807, 2.05) is 11.0 Å². The van der Waals surface area contributed by atoms with Gasteiger partial charge in [-0.25, -0.2) is 4.98 Å². The summed E-state index contributed by atoms with van der Waals surface area (Å²) >= 11 is 12.0. The Morgan fingerprint density at radius 1 is 1.35 bits per heavy atom. The molecule has 1 aliphatic heterocycles. The van der Waals surface area contributed by atoms with E-state index in [9.17, 15) is 4.79 Å². The first-order valence-corrected chi connectivity index (χ1v) is 8.06. The van der Waals surface area contributed by atoms with Crippen LogP contribution in [0.1, 0.15) is 18.1 Å². The van der Waals surface area contributed by atoms with Crippen molar-refractivity contribution in [1.82, 2.24) is 19.7 Å². The summed E-state index contributed by atoms with van der Waals surface area (Å²) in [5.74, 6) is 0.0776. The molecule has 2 aromatic rings. The fraction of sp³-hybridized carbons (Fsp3) is 0.400. The average Bonchev–Trinajstić information content (AvgIpc) is 3.09. The summed E-state index contributed by atoms with van der Waals surface area (Å²) in [5, 5.41) is 4.99. The van der Waals surface area contributed by atoms with Gasteiger partial charge in [0.2, 0.25) is 5.91 Å². The minimum atomic E-state index is -0.186. The number of amides is 1. The van der Waals surface area contributed by atoms with E-state index in [0.29, 0.717) is 42.7 Å². The van der Waals surface area contributed by atoms with Crippen LogP contribution >= 0.6 is 23.2 Å². The molecule has 1 atom stereocenters. The second kappa shape index (κ2) is 7.29. The summed E-state index contributed by atoms with van der Waals surface area (Å²) in [6.45, 7) is 2.12. The van der Waals surface area contributed by atoms with Gasteiger partial charge in [0.1, 0.15) is 18.8 Å². The van der Waals surface area contributed by atoms with E-state index >= 15 is 0 Å². The molecule has 23 heavy (non-hydrogen) atoms. The fourth-order valence-corrected chi connectivity index (χ4v) is 2.81. The van der Waals surface area contributed by atoms with Crippen LogP contribution in [0, 0.1) is 0 Å². The summed E-state index contributed by atoms with van der Waals surface area (Å²) in [6.07, 6.45) is 3.26. The van der Waals surface area contributed by atoms with Crippen LogP contribution in [0.4, 0.5) is 0 Å². The van der Waals surface area contributed by atoms with Crippen molar-refractivity contribution in [2.45, 2.75) is 19.1 Å². The van der Waals surface area contributed by atoms with Crippen molar-refractivity contribution in [3.63, 3.8) is 0 Å². The highest BCUT2D eigenvalue weighted by atomic mass is 35.5. The van der Waals surface area contributed by atoms with E-state index in [1.165, 1.54) is 6.33 Å². The van der Waals surface area contributed by atoms with Gasteiger partial charge in [0.05, 0.1) is 29.7 Å². The summed E-state index contributed by atoms with van der Waals surface area (Å²) < 4.78 is 7.41. The average molecular weight is 355 g/mol. The molecule has 0 bridgehead atoms. The molecule has 8 heteroatoms. The standard InChI is InChI=1S/C15H16Cl2N4O2/c16-12-2-1-11(7-13(12)17)14-8-20(5-6-23-14)15(22)3-4-21-10-18-9-19-21/h1-2,7,9-10,14H,3-6,8H2/t14-/m0/s1. The zero-order chi connectivity index (χ0) is 16.2. The molecule has 6 nitrogen and oxygen atoms in total. The zero-order valence-electron chi connectivity index (χ0n) is 12.4. The highest BCUT2D eigenvalue weighted by Gasteiger charge is 2.25. The number of morpholine rings is 1. The lowest BCUT2D eigenvalue weighted by atomic mass is 10.1. The number of benzene rings is 1. The molecule has 0 unspecified atom stereocenters. The molecular formula is C15H16Cl2N4O2. The van der Waals surface area contributed by atoms with Gasteiger partial charge in [0.15, 0.2) is 0 Å². The monoisotopic (exact) mass is 354 g/mol. The lowest BCUT2D eigenvalue weighted by Gasteiger charge is -2.33. The number of hydrogen-bond acceptors (Lipinski definition) is 4. The Morgan fingerprint density at radius 3 is 2.96 bits per heavy atom. The molecule has 2 heterocycles. The van der Waals surface area contributed by atoms with Crippen molar-refractivity contribution in [3.8, 4) is 0 Å². The van der Waals surface area contributed by atoms with Crippen LogP contribution in [-0.2, 0) is 16.1 Å². The summed E-state index contributed by atoms with van der Waals surface area (Å²) in [5.41, 5.74) is 0.924. The normalized spacial score (nSPS) is 18.2. The number of aromatic nitrogens is 3. The van der Waals surface area contributed by atoms with E-state index < -0.39 is 0 Å². The number of nitrogens with zero attached hydrogens (tertiary/aromatic N) is 4. The molecule has 0 saturated carbocycles. The third-order valence-electron chi connectivity index (χ3n) is 3.76. The van der Waals surface area contributed by atoms with Crippen LogP contribution in [-0.4, -0.2) is 45.3 Å². The summed E-state index contributed by atoms with van der Waals surface area (Å²) in [4.78, 5) is 18.0. The van der Waals surface area contributed by atoms with Crippen molar-refractivity contribution in [3.05, 3.63) is 46.5 Å². The van der Waals surface area contributed by atoms with E-state index in [0.717, 1.165) is 5.56 Å². The Balaban J connectivity index is 1.60. The lowest BCUT2D eigenvalue weighted by Crippen LogP contribution is -2.42. The molecule has 1 saturated heterocycles. The van der Waals surface area contributed by atoms with Gasteiger partial charge in [-0.2, -0.15) is 5.10 Å². The molecule has 0 spiro atoms. The first-order valence-electron chi connectivity index (χ1n) is 7.30. The van der Waals surface area contributed by atoms with Gasteiger partial charge in [-0.1, -0.05) is 29.3 Å². The van der Waals surface area contributed by atoms with Crippen LogP contribution in [0.25, 0.3) is 0 Å². The maximum absolute atomic E-state index is 12.4. The molecule has 0 aliphatic carbocycles. The predicted molar refractivity (Wildman–Crippen MR) is 86.4 cm³/mol. The number of rotatable bonds is 4. The zero-order valence-corrected chi connectivity index (χ0v) is 13.9. The fourth-order valence-electron chi connectivity index (χ4n) is 2.51. The SMILES string of the molecule is O=C(CCn1cncn1)N1CCO[C@H](c2ccc(Cl)c(Cl)c2)C1. The van der Waals surface area contributed by atoms with Gasteiger partial charge in [-0.05, 0) is 17.7 Å². The molecule has 122 valence electrons. The number of hydrogen-bond donors (Lipinski definition) is 0. The quantitative estimate of drug-likeness (QED) is 0.846. The van der Waals surface area contributed by atoms with Crippen LogP contribution in [0.15, 0.2) is 30.9 Å². The highest BCUT2D eigenvalue weighted by molar-refractivity contribution is 6.42. The minimum Gasteiger partial charge on any atom is -0.370 e. The number of carbonyl (C=O) groups excluding carboxylic acids is 1. The molecule has 1 aromatic carbocycles. The first kappa shape index (κ1) is 16.2. The minimum absolute atomic E-state index is 0.0776. The Labute approximate surface area is 144 Å². The molecule has 0 radical (unpaired) electrons. The smallest absolute Gasteiger partial charge is 0.224 e. The summed E-state index contributed by atoms with van der Waals surface area (Å²) in [7, 11) is 0. The molecule has 3 rings (SSSR count). The van der Waals surface area contributed by atoms with Crippen molar-refractivity contribution in [2.24, 2.45) is 0 Å². The lowest BCUT2D eigenvalue weighted by molar-refractivity contribution is -0.139. The van der Waals surface area contributed by atoms with Crippen molar-refractivity contribution in [2.75, 3.05) is 19.7 Å². The number of aryl methyl sites for hydroxylation is 1. The van der Waals surface area contributed by atoms with E-state index in [1.54, 1.807) is 23.1 Å². The summed E-state index contributed by atoms with van der Waals surface area (Å²) in [6, 6.07) is 5.41. The van der Waals surface area contributed by atoms with Crippen molar-refractivity contribution < 1.29 is 9.53 Å². The first-order chi connectivity index (χ1) is 11.1. The van der Waals surface area contributed by atoms with Gasteiger partial charge < -0.3 is 9.64 Å². The number of ether oxygens (including phenoxy) is 1. The van der Waals surface area contributed by atoms with Gasteiger partial charge in [0, 0.05) is 13.0 Å². The molecule has 0 N–H and O–H groups in total. The van der Waals surface area contributed by atoms with E-state index in [4.69, 9.17) is 27.9 Å². The second-order valence-corrected chi connectivity index (χ2v) is 6.10. The van der Waals surface area contributed by atoms with Crippen LogP contribution < -0.4 is 0 Å². The molecule has 1 aliphatic rings. The third kappa shape index (κ3) is 4.02. The third-order valence-corrected chi connectivity index (χ3v) is 4.49. The van der Waals surface area contributed by atoms with Gasteiger partial charge in [-0.3, -0.25) is 9.48 Å². The van der Waals surface area contributed by atoms with Gasteiger partial charge in [0.25, 0.3) is 0 Å². The number of halogens is 2. The largest absolute Gasteiger partial charge is 0.370 e. The maximum atomic E-state index is 12.4. The van der Waals surface area contributed by atoms with Gasteiger partial charge in [-0.15, -0.1) is 0 Å². The van der Waals surface area contributed by atoms with Crippen molar-refractivity contribution in [1.29, 1.82) is 0 Å². The van der Waals surface area contributed by atoms with E-state index in [-0.39, 0.29) is 12.0 Å². The van der Waals surface area contributed by atoms with Crippen LogP contribution in [0.3, 0.4) is 0 Å². The van der Waals surface area contributed by atoms with Crippen molar-refractivity contribution >= 4 is 29.1 Å². The van der Waals surface area contributed by atoms with Gasteiger partial charge >= 0.3 is 0 Å². The molecular weight excluding hydrogens is 339 g/mol. The Morgan fingerprint density at radius 2 is 2.22 bits per heavy atom. The topological polar surface area (TPSA) is 60.2 Å².